The minimum Gasteiger partial charge on any atom is -0.383 e. The van der Waals surface area contributed by atoms with E-state index in [4.69, 9.17) is 5.73 Å². The predicted octanol–water partition coefficient (Wildman–Crippen LogP) is 1.59. The fourth-order valence-electron chi connectivity index (χ4n) is 1.48. The summed E-state index contributed by atoms with van der Waals surface area (Å²) in [6.07, 6.45) is 1.56. The number of hydrogen-bond acceptors (Lipinski definition) is 3. The third-order valence-electron chi connectivity index (χ3n) is 2.38. The van der Waals surface area contributed by atoms with E-state index in [2.05, 4.69) is 10.3 Å². The van der Waals surface area contributed by atoms with Crippen molar-refractivity contribution in [3.8, 4) is 0 Å². The smallest absolute Gasteiger partial charge is 0.255 e. The van der Waals surface area contributed by atoms with Gasteiger partial charge in [-0.05, 0) is 17.7 Å². The second kappa shape index (κ2) is 5.12. The van der Waals surface area contributed by atoms with Gasteiger partial charge in [-0.1, -0.05) is 30.3 Å². The largest absolute Gasteiger partial charge is 0.383 e. The highest BCUT2D eigenvalue weighted by Gasteiger charge is 2.08. The second-order valence-corrected chi connectivity index (χ2v) is 3.60. The van der Waals surface area contributed by atoms with Crippen molar-refractivity contribution in [1.82, 2.24) is 10.3 Å². The van der Waals surface area contributed by atoms with E-state index in [1.807, 2.05) is 30.3 Å². The highest BCUT2D eigenvalue weighted by atomic mass is 16.1. The van der Waals surface area contributed by atoms with Gasteiger partial charge in [0.25, 0.3) is 5.91 Å². The van der Waals surface area contributed by atoms with Crippen molar-refractivity contribution in [1.29, 1.82) is 0 Å². The average molecular weight is 227 g/mol. The van der Waals surface area contributed by atoms with Crippen molar-refractivity contribution in [2.75, 3.05) is 5.73 Å². The van der Waals surface area contributed by atoms with Gasteiger partial charge in [0, 0.05) is 12.7 Å². The van der Waals surface area contributed by atoms with Crippen LogP contribution in [-0.4, -0.2) is 10.9 Å². The fourth-order valence-corrected chi connectivity index (χ4v) is 1.48. The lowest BCUT2D eigenvalue weighted by Gasteiger charge is -2.06. The molecular weight excluding hydrogens is 214 g/mol. The first-order valence-electron chi connectivity index (χ1n) is 5.30. The standard InChI is InChI=1S/C13H13N3O/c14-12-11(7-4-8-15-12)13(17)16-9-10-5-2-1-3-6-10/h1-8H,9H2,(H2,14,15)(H,16,17). The molecule has 1 aromatic heterocycles. The monoisotopic (exact) mass is 227 g/mol. The van der Waals surface area contributed by atoms with Crippen molar-refractivity contribution in [2.45, 2.75) is 6.54 Å². The van der Waals surface area contributed by atoms with Gasteiger partial charge >= 0.3 is 0 Å². The van der Waals surface area contributed by atoms with Gasteiger partial charge in [0.15, 0.2) is 0 Å². The number of benzene rings is 1. The number of rotatable bonds is 3. The lowest BCUT2D eigenvalue weighted by molar-refractivity contribution is 0.0951. The Morgan fingerprint density at radius 1 is 1.18 bits per heavy atom. The third kappa shape index (κ3) is 2.81. The maximum Gasteiger partial charge on any atom is 0.255 e. The summed E-state index contributed by atoms with van der Waals surface area (Å²) < 4.78 is 0. The first-order chi connectivity index (χ1) is 8.27. The maximum atomic E-state index is 11.8. The van der Waals surface area contributed by atoms with Crippen LogP contribution < -0.4 is 11.1 Å². The fraction of sp³-hybridized carbons (Fsp3) is 0.0769. The Balaban J connectivity index is 2.01. The van der Waals surface area contributed by atoms with Gasteiger partial charge < -0.3 is 11.1 Å². The Morgan fingerprint density at radius 2 is 1.94 bits per heavy atom. The molecule has 0 aliphatic carbocycles. The maximum absolute atomic E-state index is 11.8. The molecule has 1 heterocycles. The molecule has 17 heavy (non-hydrogen) atoms. The molecule has 0 spiro atoms. The van der Waals surface area contributed by atoms with Gasteiger partial charge in [0.05, 0.1) is 5.56 Å². The van der Waals surface area contributed by atoms with Crippen LogP contribution in [0, 0.1) is 0 Å². The molecule has 2 aromatic rings. The van der Waals surface area contributed by atoms with E-state index in [9.17, 15) is 4.79 Å². The summed E-state index contributed by atoms with van der Waals surface area (Å²) >= 11 is 0. The summed E-state index contributed by atoms with van der Waals surface area (Å²) in [7, 11) is 0. The number of nitrogen functional groups attached to an aromatic ring is 1. The van der Waals surface area contributed by atoms with Crippen LogP contribution in [0.25, 0.3) is 0 Å². The lowest BCUT2D eigenvalue weighted by atomic mass is 10.2. The highest BCUT2D eigenvalue weighted by molar-refractivity contribution is 5.98. The summed E-state index contributed by atoms with van der Waals surface area (Å²) in [6.45, 7) is 0.480. The van der Waals surface area contributed by atoms with Crippen LogP contribution in [0.4, 0.5) is 5.82 Å². The summed E-state index contributed by atoms with van der Waals surface area (Å²) in [5.74, 6) is 0.0394. The topological polar surface area (TPSA) is 68.0 Å². The molecule has 0 saturated heterocycles. The molecule has 0 aliphatic heterocycles. The SMILES string of the molecule is Nc1ncccc1C(=O)NCc1ccccc1. The van der Waals surface area contributed by atoms with E-state index in [1.165, 1.54) is 0 Å². The molecule has 0 bridgehead atoms. The van der Waals surface area contributed by atoms with E-state index < -0.39 is 0 Å². The molecule has 1 amide bonds. The van der Waals surface area contributed by atoms with Crippen molar-refractivity contribution < 1.29 is 4.79 Å². The quantitative estimate of drug-likeness (QED) is 0.836. The van der Waals surface area contributed by atoms with E-state index in [-0.39, 0.29) is 11.7 Å². The lowest BCUT2D eigenvalue weighted by Crippen LogP contribution is -2.24. The van der Waals surface area contributed by atoms with Crippen LogP contribution in [0.1, 0.15) is 15.9 Å². The summed E-state index contributed by atoms with van der Waals surface area (Å²) in [5, 5.41) is 2.80. The number of nitrogens with one attached hydrogen (secondary N) is 1. The van der Waals surface area contributed by atoms with Gasteiger partial charge in [-0.15, -0.1) is 0 Å². The average Bonchev–Trinajstić information content (AvgIpc) is 2.38. The zero-order valence-corrected chi connectivity index (χ0v) is 9.26. The minimum atomic E-state index is -0.209. The van der Waals surface area contributed by atoms with Crippen LogP contribution in [0.5, 0.6) is 0 Å². The number of hydrogen-bond donors (Lipinski definition) is 2. The van der Waals surface area contributed by atoms with Gasteiger partial charge in [0.1, 0.15) is 5.82 Å². The van der Waals surface area contributed by atoms with Crippen LogP contribution >= 0.6 is 0 Å². The zero-order chi connectivity index (χ0) is 12.1. The van der Waals surface area contributed by atoms with E-state index >= 15 is 0 Å². The first kappa shape index (κ1) is 11.1. The molecule has 4 nitrogen and oxygen atoms in total. The second-order valence-electron chi connectivity index (χ2n) is 3.60. The molecule has 0 saturated carbocycles. The molecule has 0 unspecified atom stereocenters. The number of anilines is 1. The molecule has 1 aromatic carbocycles. The third-order valence-corrected chi connectivity index (χ3v) is 2.38. The number of nitrogens with two attached hydrogens (primary N) is 1. The molecule has 4 heteroatoms. The van der Waals surface area contributed by atoms with Gasteiger partial charge in [-0.25, -0.2) is 4.98 Å². The Bertz CT molecular complexity index is 511. The van der Waals surface area contributed by atoms with Crippen LogP contribution in [0.3, 0.4) is 0 Å². The number of carbonyl (C=O) groups excluding carboxylic acids is 1. The molecule has 0 fully saturated rings. The van der Waals surface area contributed by atoms with Crippen molar-refractivity contribution >= 4 is 11.7 Å². The normalized spacial score (nSPS) is 9.88. The first-order valence-corrected chi connectivity index (χ1v) is 5.30. The Morgan fingerprint density at radius 3 is 2.65 bits per heavy atom. The van der Waals surface area contributed by atoms with E-state index in [0.29, 0.717) is 12.1 Å². The van der Waals surface area contributed by atoms with E-state index in [1.54, 1.807) is 18.3 Å². The van der Waals surface area contributed by atoms with Crippen molar-refractivity contribution in [3.05, 3.63) is 59.8 Å². The molecule has 0 radical (unpaired) electrons. The Hall–Kier alpha value is -2.36. The van der Waals surface area contributed by atoms with Gasteiger partial charge in [-0.3, -0.25) is 4.79 Å². The Labute approximate surface area is 99.5 Å². The summed E-state index contributed by atoms with van der Waals surface area (Å²) in [4.78, 5) is 15.7. The molecule has 0 aliphatic rings. The summed E-state index contributed by atoms with van der Waals surface area (Å²) in [6, 6.07) is 13.0. The molecule has 2 rings (SSSR count). The van der Waals surface area contributed by atoms with Crippen LogP contribution in [-0.2, 0) is 6.54 Å². The predicted molar refractivity (Wildman–Crippen MR) is 66.3 cm³/mol. The molecule has 3 N–H and O–H groups in total. The number of carbonyl (C=O) groups is 1. The van der Waals surface area contributed by atoms with Crippen molar-refractivity contribution in [2.24, 2.45) is 0 Å². The number of aromatic nitrogens is 1. The molecule has 86 valence electrons. The van der Waals surface area contributed by atoms with Gasteiger partial charge in [0.2, 0.25) is 0 Å². The number of pyridine rings is 1. The van der Waals surface area contributed by atoms with Gasteiger partial charge in [-0.2, -0.15) is 0 Å². The number of amides is 1. The zero-order valence-electron chi connectivity index (χ0n) is 9.26. The van der Waals surface area contributed by atoms with E-state index in [0.717, 1.165) is 5.56 Å². The molecule has 0 atom stereocenters. The van der Waals surface area contributed by atoms with Crippen LogP contribution in [0.15, 0.2) is 48.7 Å². The molecular formula is C13H13N3O. The summed E-state index contributed by atoms with van der Waals surface area (Å²) in [5.41, 5.74) is 7.07. The number of nitrogens with zero attached hydrogens (tertiary/aromatic N) is 1. The van der Waals surface area contributed by atoms with Crippen LogP contribution in [0.2, 0.25) is 0 Å². The highest BCUT2D eigenvalue weighted by Crippen LogP contribution is 2.07. The van der Waals surface area contributed by atoms with Crippen molar-refractivity contribution in [3.63, 3.8) is 0 Å². The minimum absolute atomic E-state index is 0.209. The Kier molecular flexibility index (Phi) is 3.35.